The van der Waals surface area contributed by atoms with Crippen molar-refractivity contribution in [3.63, 3.8) is 0 Å². The zero-order valence-corrected chi connectivity index (χ0v) is 20.4. The van der Waals surface area contributed by atoms with Gasteiger partial charge >= 0.3 is 0 Å². The van der Waals surface area contributed by atoms with E-state index in [2.05, 4.69) is 50.9 Å². The van der Waals surface area contributed by atoms with Gasteiger partial charge < -0.3 is 20.1 Å². The zero-order chi connectivity index (χ0) is 20.5. The van der Waals surface area contributed by atoms with Crippen LogP contribution in [0.1, 0.15) is 24.0 Å². The third kappa shape index (κ3) is 6.77. The van der Waals surface area contributed by atoms with Gasteiger partial charge in [0.15, 0.2) is 17.5 Å². The van der Waals surface area contributed by atoms with Crippen LogP contribution in [0.15, 0.2) is 53.5 Å². The molecule has 6 nitrogen and oxygen atoms in total. The number of hydrogen-bond donors (Lipinski definition) is 2. The number of rotatable bonds is 8. The largest absolute Gasteiger partial charge is 0.493 e. The molecule has 1 heterocycles. The van der Waals surface area contributed by atoms with Crippen LogP contribution >= 0.6 is 24.0 Å². The molecule has 0 amide bonds. The van der Waals surface area contributed by atoms with Crippen molar-refractivity contribution in [1.82, 2.24) is 15.5 Å². The smallest absolute Gasteiger partial charge is 0.191 e. The Morgan fingerprint density at radius 1 is 1.03 bits per heavy atom. The first-order valence-corrected chi connectivity index (χ1v) is 10.2. The van der Waals surface area contributed by atoms with Crippen LogP contribution in [0.4, 0.5) is 0 Å². The zero-order valence-electron chi connectivity index (χ0n) is 18.1. The van der Waals surface area contributed by atoms with Gasteiger partial charge in [-0.25, -0.2) is 0 Å². The number of benzene rings is 2. The van der Waals surface area contributed by atoms with Crippen molar-refractivity contribution in [2.45, 2.75) is 32.0 Å². The summed E-state index contributed by atoms with van der Waals surface area (Å²) in [6.07, 6.45) is 2.46. The van der Waals surface area contributed by atoms with Crippen molar-refractivity contribution in [1.29, 1.82) is 0 Å². The predicted octanol–water partition coefficient (Wildman–Crippen LogP) is 3.65. The second-order valence-electron chi connectivity index (χ2n) is 7.25. The third-order valence-electron chi connectivity index (χ3n) is 5.36. The average molecular weight is 524 g/mol. The van der Waals surface area contributed by atoms with E-state index in [0.29, 0.717) is 12.6 Å². The molecule has 0 aliphatic carbocycles. The molecule has 1 aliphatic heterocycles. The molecular weight excluding hydrogens is 491 g/mol. The third-order valence-corrected chi connectivity index (χ3v) is 5.36. The molecule has 30 heavy (non-hydrogen) atoms. The molecular formula is C23H33IN4O2. The second-order valence-corrected chi connectivity index (χ2v) is 7.25. The Balaban J connectivity index is 0.00000320. The molecule has 0 bridgehead atoms. The maximum atomic E-state index is 5.38. The summed E-state index contributed by atoms with van der Waals surface area (Å²) in [5.74, 6) is 2.28. The minimum Gasteiger partial charge on any atom is -0.493 e. The number of methoxy groups -OCH3 is 2. The van der Waals surface area contributed by atoms with E-state index in [4.69, 9.17) is 9.47 Å². The Labute approximate surface area is 197 Å². The van der Waals surface area contributed by atoms with Crippen molar-refractivity contribution in [3.8, 4) is 11.5 Å². The first-order valence-electron chi connectivity index (χ1n) is 10.2. The molecule has 1 atom stereocenters. The van der Waals surface area contributed by atoms with Gasteiger partial charge in [-0.3, -0.25) is 9.89 Å². The van der Waals surface area contributed by atoms with Gasteiger partial charge in [0.25, 0.3) is 0 Å². The van der Waals surface area contributed by atoms with Crippen molar-refractivity contribution < 1.29 is 9.47 Å². The highest BCUT2D eigenvalue weighted by atomic mass is 127. The summed E-state index contributed by atoms with van der Waals surface area (Å²) in [6, 6.07) is 17.1. The number of guanidine groups is 1. The summed E-state index contributed by atoms with van der Waals surface area (Å²) in [4.78, 5) is 6.93. The fraction of sp³-hybridized carbons (Fsp3) is 0.435. The first kappa shape index (κ1) is 24.3. The summed E-state index contributed by atoms with van der Waals surface area (Å²) in [5, 5.41) is 6.88. The molecule has 1 unspecified atom stereocenters. The highest BCUT2D eigenvalue weighted by Gasteiger charge is 2.24. The maximum absolute atomic E-state index is 5.38. The molecule has 0 saturated carbocycles. The Kier molecular flexibility index (Phi) is 10.2. The molecule has 2 aromatic carbocycles. The second kappa shape index (κ2) is 12.6. The van der Waals surface area contributed by atoms with Gasteiger partial charge in [0.1, 0.15) is 0 Å². The highest BCUT2D eigenvalue weighted by Crippen LogP contribution is 2.27. The van der Waals surface area contributed by atoms with E-state index >= 15 is 0 Å². The molecule has 164 valence electrons. The Morgan fingerprint density at radius 2 is 1.80 bits per heavy atom. The van der Waals surface area contributed by atoms with Crippen LogP contribution in [0.3, 0.4) is 0 Å². The number of ether oxygens (including phenoxy) is 2. The molecule has 2 aromatic rings. The molecule has 3 rings (SSSR count). The number of hydrogen-bond acceptors (Lipinski definition) is 4. The quantitative estimate of drug-likeness (QED) is 0.314. The molecule has 1 saturated heterocycles. The van der Waals surface area contributed by atoms with Crippen molar-refractivity contribution in [2.24, 2.45) is 4.99 Å². The van der Waals surface area contributed by atoms with Gasteiger partial charge in [0, 0.05) is 32.7 Å². The minimum atomic E-state index is 0. The SMILES string of the molecule is CN=C(NCc1ccc(OC)c(OC)c1)NCC1CCCN1Cc1ccccc1.I. The number of likely N-dealkylation sites (tertiary alicyclic amines) is 1. The number of nitrogens with zero attached hydrogens (tertiary/aromatic N) is 2. The first-order chi connectivity index (χ1) is 14.2. The van der Waals surface area contributed by atoms with Gasteiger partial charge in [-0.2, -0.15) is 0 Å². The normalized spacial score (nSPS) is 16.6. The van der Waals surface area contributed by atoms with Crippen molar-refractivity contribution >= 4 is 29.9 Å². The lowest BCUT2D eigenvalue weighted by atomic mass is 10.2. The lowest BCUT2D eigenvalue weighted by Gasteiger charge is -2.25. The van der Waals surface area contributed by atoms with E-state index in [1.807, 2.05) is 18.2 Å². The van der Waals surface area contributed by atoms with E-state index in [1.54, 1.807) is 21.3 Å². The van der Waals surface area contributed by atoms with E-state index in [1.165, 1.54) is 18.4 Å². The van der Waals surface area contributed by atoms with E-state index in [0.717, 1.165) is 42.7 Å². The highest BCUT2D eigenvalue weighted by molar-refractivity contribution is 14.0. The van der Waals surface area contributed by atoms with Gasteiger partial charge in [-0.05, 0) is 42.6 Å². The fourth-order valence-corrected chi connectivity index (χ4v) is 3.76. The molecule has 7 heteroatoms. The van der Waals surface area contributed by atoms with Crippen LogP contribution in [-0.4, -0.2) is 51.3 Å². The van der Waals surface area contributed by atoms with Crippen molar-refractivity contribution in [2.75, 3.05) is 34.4 Å². The minimum absolute atomic E-state index is 0. The molecule has 1 aliphatic rings. The molecule has 2 N–H and O–H groups in total. The molecule has 0 radical (unpaired) electrons. The van der Waals surface area contributed by atoms with Crippen LogP contribution in [0.5, 0.6) is 11.5 Å². The summed E-state index contributed by atoms with van der Waals surface area (Å²) in [5.41, 5.74) is 2.48. The summed E-state index contributed by atoms with van der Waals surface area (Å²) in [6.45, 7) is 3.71. The van der Waals surface area contributed by atoms with Gasteiger partial charge in [-0.1, -0.05) is 36.4 Å². The van der Waals surface area contributed by atoms with Gasteiger partial charge in [0.2, 0.25) is 0 Å². The predicted molar refractivity (Wildman–Crippen MR) is 133 cm³/mol. The molecule has 0 aromatic heterocycles. The summed E-state index contributed by atoms with van der Waals surface area (Å²) >= 11 is 0. The monoisotopic (exact) mass is 524 g/mol. The van der Waals surface area contributed by atoms with E-state index in [9.17, 15) is 0 Å². The van der Waals surface area contributed by atoms with Crippen LogP contribution < -0.4 is 20.1 Å². The van der Waals surface area contributed by atoms with E-state index < -0.39 is 0 Å². The number of aliphatic imine (C=N–C) groups is 1. The Morgan fingerprint density at radius 3 is 2.50 bits per heavy atom. The van der Waals surface area contributed by atoms with Crippen molar-refractivity contribution in [3.05, 3.63) is 59.7 Å². The topological polar surface area (TPSA) is 58.1 Å². The van der Waals surface area contributed by atoms with E-state index in [-0.39, 0.29) is 24.0 Å². The standard InChI is InChI=1S/C23H32N4O2.HI/c1-24-23(25-15-19-11-12-21(28-2)22(14-19)29-3)26-16-20-10-7-13-27(20)17-18-8-5-4-6-9-18;/h4-6,8-9,11-12,14,20H,7,10,13,15-17H2,1-3H3,(H2,24,25,26);1H. The molecule has 0 spiro atoms. The van der Waals surface area contributed by atoms with Crippen LogP contribution in [-0.2, 0) is 13.1 Å². The Hall–Kier alpha value is -2.00. The van der Waals surface area contributed by atoms with Crippen LogP contribution in [0, 0.1) is 0 Å². The average Bonchev–Trinajstić information content (AvgIpc) is 3.21. The van der Waals surface area contributed by atoms with Crippen LogP contribution in [0.25, 0.3) is 0 Å². The fourth-order valence-electron chi connectivity index (χ4n) is 3.76. The lowest BCUT2D eigenvalue weighted by molar-refractivity contribution is 0.245. The lowest BCUT2D eigenvalue weighted by Crippen LogP contribution is -2.44. The van der Waals surface area contributed by atoms with Crippen LogP contribution in [0.2, 0.25) is 0 Å². The number of nitrogens with one attached hydrogen (secondary N) is 2. The molecule has 1 fully saturated rings. The number of halogens is 1. The Bertz CT molecular complexity index is 801. The summed E-state index contributed by atoms with van der Waals surface area (Å²) in [7, 11) is 5.10. The maximum Gasteiger partial charge on any atom is 0.191 e. The van der Waals surface area contributed by atoms with Gasteiger partial charge in [-0.15, -0.1) is 24.0 Å². The van der Waals surface area contributed by atoms with Gasteiger partial charge in [0.05, 0.1) is 14.2 Å². The summed E-state index contributed by atoms with van der Waals surface area (Å²) < 4.78 is 10.7.